The van der Waals surface area contributed by atoms with Gasteiger partial charge in [-0.3, -0.25) is 9.29 Å². The molecular formula is C29H29Cl2FN2OS. The van der Waals surface area contributed by atoms with Crippen LogP contribution in [0.25, 0.3) is 11.1 Å². The van der Waals surface area contributed by atoms with Crippen LogP contribution < -0.4 is 10.5 Å². The van der Waals surface area contributed by atoms with Gasteiger partial charge in [-0.1, -0.05) is 47.5 Å². The number of nitrogen functional groups attached to an aromatic ring is 1. The Morgan fingerprint density at radius 2 is 1.83 bits per heavy atom. The van der Waals surface area contributed by atoms with Crippen molar-refractivity contribution in [2.45, 2.75) is 30.3 Å². The molecule has 2 aliphatic rings. The van der Waals surface area contributed by atoms with Crippen LogP contribution in [-0.4, -0.2) is 43.1 Å². The first kappa shape index (κ1) is 25.5. The molecule has 0 bridgehead atoms. The number of hydrogen-bond acceptors (Lipinski definition) is 4. The number of halogens is 3. The van der Waals surface area contributed by atoms with Gasteiger partial charge in [0.15, 0.2) is 0 Å². The Labute approximate surface area is 226 Å². The maximum Gasteiger partial charge on any atom is 0.119 e. The van der Waals surface area contributed by atoms with Crippen LogP contribution in [0.1, 0.15) is 36.0 Å². The number of anilines is 1. The van der Waals surface area contributed by atoms with E-state index in [1.165, 1.54) is 10.5 Å². The third-order valence-electron chi connectivity index (χ3n) is 6.73. The molecule has 5 rings (SSSR count). The molecule has 2 N–H and O–H groups in total. The zero-order valence-corrected chi connectivity index (χ0v) is 22.3. The van der Waals surface area contributed by atoms with Gasteiger partial charge in [0.25, 0.3) is 0 Å². The third kappa shape index (κ3) is 5.70. The zero-order valence-electron chi connectivity index (χ0n) is 20.0. The largest absolute Gasteiger partial charge is 0.489 e. The molecule has 36 heavy (non-hydrogen) atoms. The van der Waals surface area contributed by atoms with Crippen LogP contribution in [0.3, 0.4) is 0 Å². The fourth-order valence-electron chi connectivity index (χ4n) is 5.02. The molecular weight excluding hydrogens is 514 g/mol. The molecule has 1 fully saturated rings. The van der Waals surface area contributed by atoms with E-state index in [0.717, 1.165) is 71.9 Å². The molecule has 2 aliphatic heterocycles. The molecule has 3 aromatic carbocycles. The Kier molecular flexibility index (Phi) is 8.12. The van der Waals surface area contributed by atoms with Crippen LogP contribution >= 0.6 is 35.0 Å². The number of benzene rings is 3. The SMILES string of the molecule is Nc1ccc2c(c1)SCCC(c1ccc(Cl)cc1Cl)=C2c1ccc(OC2CCN(CCCF)C2)cc1. The van der Waals surface area contributed by atoms with Crippen LogP contribution in [0, 0.1) is 0 Å². The molecule has 188 valence electrons. The van der Waals surface area contributed by atoms with Crippen molar-refractivity contribution in [3.05, 3.63) is 87.4 Å². The number of thioether (sulfide) groups is 1. The smallest absolute Gasteiger partial charge is 0.119 e. The minimum absolute atomic E-state index is 0.135. The van der Waals surface area contributed by atoms with Crippen molar-refractivity contribution in [3.8, 4) is 5.75 Å². The van der Waals surface area contributed by atoms with E-state index >= 15 is 0 Å². The molecule has 0 amide bonds. The number of fused-ring (bicyclic) bond motifs is 1. The van der Waals surface area contributed by atoms with E-state index in [0.29, 0.717) is 16.5 Å². The molecule has 0 saturated carbocycles. The second-order valence-corrected chi connectivity index (χ2v) is 11.2. The number of nitrogens with zero attached hydrogens (tertiary/aromatic N) is 1. The average molecular weight is 544 g/mol. The van der Waals surface area contributed by atoms with Gasteiger partial charge in [0.05, 0.1) is 6.67 Å². The normalized spacial score (nSPS) is 18.2. The van der Waals surface area contributed by atoms with E-state index in [1.807, 2.05) is 42.1 Å². The maximum atomic E-state index is 12.5. The monoisotopic (exact) mass is 542 g/mol. The first-order valence-corrected chi connectivity index (χ1v) is 14.0. The minimum atomic E-state index is -0.267. The molecule has 1 saturated heterocycles. The third-order valence-corrected chi connectivity index (χ3v) is 8.33. The van der Waals surface area contributed by atoms with Gasteiger partial charge >= 0.3 is 0 Å². The summed E-state index contributed by atoms with van der Waals surface area (Å²) in [6, 6.07) is 20.2. The predicted octanol–water partition coefficient (Wildman–Crippen LogP) is 7.84. The summed E-state index contributed by atoms with van der Waals surface area (Å²) in [5, 5.41) is 1.27. The van der Waals surface area contributed by atoms with Crippen molar-refractivity contribution in [1.82, 2.24) is 4.90 Å². The number of allylic oxidation sites excluding steroid dienone is 1. The number of likely N-dealkylation sites (tertiary alicyclic amines) is 1. The Morgan fingerprint density at radius 3 is 2.61 bits per heavy atom. The molecule has 1 atom stereocenters. The van der Waals surface area contributed by atoms with Gasteiger partial charge in [-0.15, -0.1) is 11.8 Å². The number of ether oxygens (including phenoxy) is 1. The van der Waals surface area contributed by atoms with Gasteiger partial charge in [0.1, 0.15) is 11.9 Å². The fourth-order valence-corrected chi connectivity index (χ4v) is 6.61. The van der Waals surface area contributed by atoms with Crippen molar-refractivity contribution in [1.29, 1.82) is 0 Å². The van der Waals surface area contributed by atoms with Crippen LogP contribution in [0.5, 0.6) is 5.75 Å². The quantitative estimate of drug-likeness (QED) is 0.308. The van der Waals surface area contributed by atoms with Crippen LogP contribution in [0.4, 0.5) is 10.1 Å². The maximum absolute atomic E-state index is 12.5. The van der Waals surface area contributed by atoms with Gasteiger partial charge in [-0.2, -0.15) is 0 Å². The van der Waals surface area contributed by atoms with Crippen molar-refractivity contribution < 1.29 is 9.13 Å². The summed E-state index contributed by atoms with van der Waals surface area (Å²) in [4.78, 5) is 3.45. The van der Waals surface area contributed by atoms with Gasteiger partial charge in [-0.25, -0.2) is 0 Å². The Bertz CT molecular complexity index is 1260. The number of nitrogens with two attached hydrogens (primary N) is 1. The van der Waals surface area contributed by atoms with E-state index in [1.54, 1.807) is 6.07 Å². The zero-order chi connectivity index (χ0) is 25.1. The lowest BCUT2D eigenvalue weighted by atomic mass is 9.88. The summed E-state index contributed by atoms with van der Waals surface area (Å²) in [6.07, 6.45) is 2.55. The molecule has 0 aromatic heterocycles. The summed E-state index contributed by atoms with van der Waals surface area (Å²) in [5.41, 5.74) is 12.5. The molecule has 0 aliphatic carbocycles. The first-order chi connectivity index (χ1) is 17.5. The van der Waals surface area contributed by atoms with E-state index in [-0.39, 0.29) is 12.8 Å². The average Bonchev–Trinajstić information content (AvgIpc) is 3.22. The first-order valence-electron chi connectivity index (χ1n) is 12.3. The summed E-state index contributed by atoms with van der Waals surface area (Å²) in [7, 11) is 0. The Balaban J connectivity index is 1.49. The minimum Gasteiger partial charge on any atom is -0.489 e. The molecule has 3 aromatic rings. The van der Waals surface area contributed by atoms with Crippen molar-refractivity contribution in [3.63, 3.8) is 0 Å². The molecule has 0 spiro atoms. The van der Waals surface area contributed by atoms with Gasteiger partial charge in [0.2, 0.25) is 0 Å². The lowest BCUT2D eigenvalue weighted by Gasteiger charge is -2.19. The number of hydrogen-bond donors (Lipinski definition) is 1. The van der Waals surface area contributed by atoms with Crippen molar-refractivity contribution >= 4 is 51.8 Å². The second-order valence-electron chi connectivity index (χ2n) is 9.23. The second kappa shape index (κ2) is 11.5. The molecule has 1 unspecified atom stereocenters. The van der Waals surface area contributed by atoms with Gasteiger partial charge in [0, 0.05) is 46.0 Å². The Morgan fingerprint density at radius 1 is 1.03 bits per heavy atom. The summed E-state index contributed by atoms with van der Waals surface area (Å²) in [5.74, 6) is 1.78. The fraction of sp³-hybridized carbons (Fsp3) is 0.310. The summed E-state index contributed by atoms with van der Waals surface area (Å²) in [6.45, 7) is 2.33. The highest BCUT2D eigenvalue weighted by molar-refractivity contribution is 7.99. The molecule has 3 nitrogen and oxygen atoms in total. The van der Waals surface area contributed by atoms with Crippen LogP contribution in [-0.2, 0) is 0 Å². The van der Waals surface area contributed by atoms with E-state index in [4.69, 9.17) is 33.7 Å². The lowest BCUT2D eigenvalue weighted by Crippen LogP contribution is -2.26. The summed E-state index contributed by atoms with van der Waals surface area (Å²) >= 11 is 14.7. The van der Waals surface area contributed by atoms with Gasteiger partial charge in [-0.05, 0) is 83.5 Å². The van der Waals surface area contributed by atoms with Crippen LogP contribution in [0.2, 0.25) is 10.0 Å². The van der Waals surface area contributed by atoms with E-state index in [2.05, 4.69) is 29.2 Å². The molecule has 2 heterocycles. The highest BCUT2D eigenvalue weighted by Gasteiger charge is 2.25. The Hall–Kier alpha value is -2.18. The predicted molar refractivity (Wildman–Crippen MR) is 151 cm³/mol. The van der Waals surface area contributed by atoms with Crippen LogP contribution in [0.15, 0.2) is 65.6 Å². The highest BCUT2D eigenvalue weighted by atomic mass is 35.5. The molecule has 7 heteroatoms. The van der Waals surface area contributed by atoms with E-state index in [9.17, 15) is 4.39 Å². The highest BCUT2D eigenvalue weighted by Crippen LogP contribution is 2.45. The standard InChI is InChI=1S/C29H29Cl2FN2OS/c30-20-4-8-24(27(31)16-20)25-11-15-36-28-17-21(33)5-9-26(28)29(25)19-2-6-22(7-3-19)35-23-10-14-34(18-23)13-1-12-32/h2-9,16-17,23H,1,10-15,18,33H2. The number of alkyl halides is 1. The topological polar surface area (TPSA) is 38.5 Å². The van der Waals surface area contributed by atoms with Crippen molar-refractivity contribution in [2.75, 3.05) is 37.8 Å². The molecule has 0 radical (unpaired) electrons. The van der Waals surface area contributed by atoms with Crippen molar-refractivity contribution in [2.24, 2.45) is 0 Å². The lowest BCUT2D eigenvalue weighted by molar-refractivity contribution is 0.198. The van der Waals surface area contributed by atoms with Gasteiger partial charge < -0.3 is 10.5 Å². The number of rotatable bonds is 7. The summed E-state index contributed by atoms with van der Waals surface area (Å²) < 4.78 is 18.8. The van der Waals surface area contributed by atoms with E-state index < -0.39 is 0 Å².